The molecule has 0 bridgehead atoms. The van der Waals surface area contributed by atoms with Crippen LogP contribution in [0.4, 0.5) is 0 Å². The molecule has 1 aromatic rings. The number of ether oxygens (including phenoxy) is 1. The van der Waals surface area contributed by atoms with E-state index in [-0.39, 0.29) is 11.5 Å². The molecule has 4 heteroatoms. The van der Waals surface area contributed by atoms with Gasteiger partial charge in [0.1, 0.15) is 11.1 Å². The fourth-order valence-electron chi connectivity index (χ4n) is 2.17. The summed E-state index contributed by atoms with van der Waals surface area (Å²) in [6.45, 7) is 9.97. The molecular formula is C14H24N2OS. The van der Waals surface area contributed by atoms with E-state index in [1.165, 1.54) is 23.4 Å². The molecule has 0 aliphatic heterocycles. The van der Waals surface area contributed by atoms with Gasteiger partial charge in [0.2, 0.25) is 0 Å². The van der Waals surface area contributed by atoms with Gasteiger partial charge in [0.15, 0.2) is 0 Å². The van der Waals surface area contributed by atoms with Gasteiger partial charge in [-0.15, -0.1) is 11.3 Å². The van der Waals surface area contributed by atoms with Crippen molar-refractivity contribution in [2.45, 2.75) is 59.1 Å². The Bertz CT molecular complexity index is 404. The lowest BCUT2D eigenvalue weighted by Gasteiger charge is -2.28. The van der Waals surface area contributed by atoms with Gasteiger partial charge in [-0.25, -0.2) is 4.98 Å². The van der Waals surface area contributed by atoms with Crippen LogP contribution >= 0.6 is 11.3 Å². The smallest absolute Gasteiger partial charge is 0.123 e. The van der Waals surface area contributed by atoms with Crippen LogP contribution in [0.2, 0.25) is 0 Å². The van der Waals surface area contributed by atoms with Gasteiger partial charge in [-0.1, -0.05) is 20.8 Å². The van der Waals surface area contributed by atoms with Gasteiger partial charge in [0.05, 0.1) is 5.69 Å². The van der Waals surface area contributed by atoms with Crippen LogP contribution in [-0.4, -0.2) is 11.6 Å². The average molecular weight is 268 g/mol. The predicted molar refractivity (Wildman–Crippen MR) is 75.8 cm³/mol. The van der Waals surface area contributed by atoms with Crippen LogP contribution in [0.5, 0.6) is 0 Å². The van der Waals surface area contributed by atoms with Crippen LogP contribution in [-0.2, 0) is 11.3 Å². The highest BCUT2D eigenvalue weighted by Gasteiger charge is 2.34. The monoisotopic (exact) mass is 268 g/mol. The van der Waals surface area contributed by atoms with Crippen molar-refractivity contribution in [2.24, 2.45) is 11.1 Å². The van der Waals surface area contributed by atoms with E-state index in [2.05, 4.69) is 20.8 Å². The molecule has 0 radical (unpaired) electrons. The molecule has 1 fully saturated rings. The van der Waals surface area contributed by atoms with Crippen molar-refractivity contribution in [3.8, 4) is 0 Å². The molecule has 2 rings (SSSR count). The zero-order chi connectivity index (χ0) is 13.3. The largest absolute Gasteiger partial charge is 0.371 e. The Morgan fingerprint density at radius 1 is 1.44 bits per heavy atom. The second kappa shape index (κ2) is 5.27. The normalized spacial score (nSPS) is 18.1. The van der Waals surface area contributed by atoms with Crippen LogP contribution in [0.3, 0.4) is 0 Å². The Kier molecular flexibility index (Phi) is 4.09. The summed E-state index contributed by atoms with van der Waals surface area (Å²) in [6, 6.07) is 0. The minimum absolute atomic E-state index is 0.0700. The van der Waals surface area contributed by atoms with Gasteiger partial charge < -0.3 is 10.5 Å². The van der Waals surface area contributed by atoms with Gasteiger partial charge in [-0.3, -0.25) is 0 Å². The maximum atomic E-state index is 5.91. The Morgan fingerprint density at radius 2 is 2.11 bits per heavy atom. The molecule has 2 N–H and O–H groups in total. The first-order valence-corrected chi connectivity index (χ1v) is 7.60. The van der Waals surface area contributed by atoms with Gasteiger partial charge in [-0.2, -0.15) is 0 Å². The number of aromatic nitrogens is 1. The molecule has 18 heavy (non-hydrogen) atoms. The number of rotatable bonds is 5. The summed E-state index contributed by atoms with van der Waals surface area (Å²) in [6.07, 6.45) is 2.61. The topological polar surface area (TPSA) is 48.1 Å². The summed E-state index contributed by atoms with van der Waals surface area (Å²) in [5, 5.41) is 1.10. The first kappa shape index (κ1) is 14.0. The van der Waals surface area contributed by atoms with Gasteiger partial charge in [0, 0.05) is 23.9 Å². The standard InChI is InChI=1S/C14H24N2OS/c1-5-17-12(14(2,3)4)13-16-11(9-6-7-9)10(8-15)18-13/h9,12H,5-8,15H2,1-4H3. The fourth-order valence-corrected chi connectivity index (χ4v) is 3.50. The molecule has 1 aliphatic rings. The number of hydrogen-bond acceptors (Lipinski definition) is 4. The number of nitrogens with two attached hydrogens (primary N) is 1. The lowest BCUT2D eigenvalue weighted by molar-refractivity contribution is -0.0134. The first-order valence-electron chi connectivity index (χ1n) is 6.78. The Morgan fingerprint density at radius 3 is 2.56 bits per heavy atom. The zero-order valence-corrected chi connectivity index (χ0v) is 12.6. The van der Waals surface area contributed by atoms with Crippen LogP contribution < -0.4 is 5.73 Å². The van der Waals surface area contributed by atoms with Gasteiger partial charge in [0.25, 0.3) is 0 Å². The van der Waals surface area contributed by atoms with Crippen molar-refractivity contribution >= 4 is 11.3 Å². The van der Waals surface area contributed by atoms with Crippen LogP contribution in [0.25, 0.3) is 0 Å². The Balaban J connectivity index is 2.29. The molecule has 0 aromatic carbocycles. The maximum absolute atomic E-state index is 5.91. The highest BCUT2D eigenvalue weighted by molar-refractivity contribution is 7.11. The van der Waals surface area contributed by atoms with Crippen molar-refractivity contribution in [1.29, 1.82) is 0 Å². The van der Waals surface area contributed by atoms with E-state index in [1.54, 1.807) is 11.3 Å². The highest BCUT2D eigenvalue weighted by atomic mass is 32.1. The lowest BCUT2D eigenvalue weighted by Crippen LogP contribution is -2.21. The van der Waals surface area contributed by atoms with Crippen molar-refractivity contribution in [1.82, 2.24) is 4.98 Å². The summed E-state index contributed by atoms with van der Waals surface area (Å²) in [5.41, 5.74) is 7.15. The molecule has 0 amide bonds. The zero-order valence-electron chi connectivity index (χ0n) is 11.8. The van der Waals surface area contributed by atoms with Crippen molar-refractivity contribution in [3.63, 3.8) is 0 Å². The molecule has 1 aliphatic carbocycles. The molecular weight excluding hydrogens is 244 g/mol. The average Bonchev–Trinajstić information content (AvgIpc) is 3.05. The molecule has 1 heterocycles. The molecule has 1 atom stereocenters. The minimum atomic E-state index is 0.0700. The third-order valence-electron chi connectivity index (χ3n) is 3.24. The van der Waals surface area contributed by atoms with Crippen LogP contribution in [0.1, 0.15) is 68.1 Å². The van der Waals surface area contributed by atoms with E-state index in [1.807, 2.05) is 6.92 Å². The predicted octanol–water partition coefficient (Wildman–Crippen LogP) is 3.60. The molecule has 1 aromatic heterocycles. The van der Waals surface area contributed by atoms with Crippen molar-refractivity contribution in [3.05, 3.63) is 15.6 Å². The molecule has 1 saturated carbocycles. The van der Waals surface area contributed by atoms with Crippen LogP contribution in [0, 0.1) is 5.41 Å². The van der Waals surface area contributed by atoms with Crippen LogP contribution in [0.15, 0.2) is 0 Å². The van der Waals surface area contributed by atoms with Gasteiger partial charge in [-0.05, 0) is 25.2 Å². The number of hydrogen-bond donors (Lipinski definition) is 1. The third-order valence-corrected chi connectivity index (χ3v) is 4.37. The SMILES string of the molecule is CCOC(c1nc(C2CC2)c(CN)s1)C(C)(C)C. The summed E-state index contributed by atoms with van der Waals surface area (Å²) < 4.78 is 5.91. The second-order valence-electron chi connectivity index (χ2n) is 6.04. The molecule has 0 saturated heterocycles. The Hall–Kier alpha value is -0.450. The lowest BCUT2D eigenvalue weighted by atomic mass is 9.89. The fraction of sp³-hybridized carbons (Fsp3) is 0.786. The molecule has 102 valence electrons. The van der Waals surface area contributed by atoms with E-state index >= 15 is 0 Å². The van der Waals surface area contributed by atoms with E-state index in [0.717, 1.165) is 11.6 Å². The quantitative estimate of drug-likeness (QED) is 0.887. The molecule has 1 unspecified atom stereocenters. The number of thiazole rings is 1. The first-order chi connectivity index (χ1) is 8.47. The number of nitrogens with zero attached hydrogens (tertiary/aromatic N) is 1. The van der Waals surface area contributed by atoms with Crippen molar-refractivity contribution in [2.75, 3.05) is 6.61 Å². The minimum Gasteiger partial charge on any atom is -0.371 e. The van der Waals surface area contributed by atoms with E-state index < -0.39 is 0 Å². The maximum Gasteiger partial charge on any atom is 0.123 e. The third kappa shape index (κ3) is 2.92. The summed E-state index contributed by atoms with van der Waals surface area (Å²) >= 11 is 1.74. The highest BCUT2D eigenvalue weighted by Crippen LogP contribution is 2.45. The van der Waals surface area contributed by atoms with E-state index in [9.17, 15) is 0 Å². The second-order valence-corrected chi connectivity index (χ2v) is 7.16. The van der Waals surface area contributed by atoms with E-state index in [0.29, 0.717) is 12.5 Å². The molecule has 3 nitrogen and oxygen atoms in total. The summed E-state index contributed by atoms with van der Waals surface area (Å²) in [4.78, 5) is 6.09. The summed E-state index contributed by atoms with van der Waals surface area (Å²) in [7, 11) is 0. The van der Waals surface area contributed by atoms with E-state index in [4.69, 9.17) is 15.5 Å². The Labute approximate surface area is 114 Å². The van der Waals surface area contributed by atoms with Crippen molar-refractivity contribution < 1.29 is 4.74 Å². The molecule has 0 spiro atoms. The van der Waals surface area contributed by atoms with Gasteiger partial charge >= 0.3 is 0 Å². The summed E-state index contributed by atoms with van der Waals surface area (Å²) in [5.74, 6) is 0.663.